The zero-order valence-electron chi connectivity index (χ0n) is 11.7. The number of hydrogen-bond donors (Lipinski definition) is 1. The lowest BCUT2D eigenvalue weighted by Crippen LogP contribution is -2.24. The van der Waals surface area contributed by atoms with E-state index >= 15 is 0 Å². The fraction of sp³-hybridized carbons (Fsp3) is 0.800. The number of rotatable bonds is 4. The van der Waals surface area contributed by atoms with Crippen molar-refractivity contribution in [2.24, 2.45) is 11.8 Å². The first kappa shape index (κ1) is 12.1. The van der Waals surface area contributed by atoms with Gasteiger partial charge in [-0.1, -0.05) is 26.2 Å². The van der Waals surface area contributed by atoms with Gasteiger partial charge in [-0.25, -0.2) is 4.98 Å². The van der Waals surface area contributed by atoms with Crippen LogP contribution in [-0.2, 0) is 6.54 Å². The van der Waals surface area contributed by atoms with Gasteiger partial charge in [0.2, 0.25) is 5.95 Å². The van der Waals surface area contributed by atoms with E-state index in [4.69, 9.17) is 0 Å². The second kappa shape index (κ2) is 4.94. The normalized spacial score (nSPS) is 28.3. The molecule has 0 aromatic carbocycles. The summed E-state index contributed by atoms with van der Waals surface area (Å²) in [7, 11) is 0. The highest BCUT2D eigenvalue weighted by molar-refractivity contribution is 5.30. The van der Waals surface area contributed by atoms with Crippen LogP contribution in [0, 0.1) is 18.8 Å². The van der Waals surface area contributed by atoms with Crippen LogP contribution in [0.5, 0.6) is 0 Å². The van der Waals surface area contributed by atoms with Gasteiger partial charge in [0, 0.05) is 18.8 Å². The number of aromatic nitrogens is 2. The quantitative estimate of drug-likeness (QED) is 0.881. The third-order valence-electron chi connectivity index (χ3n) is 4.54. The summed E-state index contributed by atoms with van der Waals surface area (Å²) in [5, 5.41) is 3.67. The van der Waals surface area contributed by atoms with Crippen molar-refractivity contribution in [1.29, 1.82) is 0 Å². The molecule has 3 rings (SSSR count). The Morgan fingerprint density at radius 3 is 2.72 bits per heavy atom. The van der Waals surface area contributed by atoms with E-state index in [0.717, 1.165) is 30.0 Å². The zero-order valence-corrected chi connectivity index (χ0v) is 11.7. The highest BCUT2D eigenvalue weighted by Gasteiger charge is 2.33. The highest BCUT2D eigenvalue weighted by Crippen LogP contribution is 2.39. The smallest absolute Gasteiger partial charge is 0.203 e. The molecule has 0 spiro atoms. The molecule has 0 saturated heterocycles. The van der Waals surface area contributed by atoms with Gasteiger partial charge >= 0.3 is 0 Å². The number of nitrogens with one attached hydrogen (secondary N) is 1. The van der Waals surface area contributed by atoms with Crippen LogP contribution in [0.3, 0.4) is 0 Å². The molecule has 100 valence electrons. The van der Waals surface area contributed by atoms with Crippen LogP contribution in [0.1, 0.15) is 51.1 Å². The van der Waals surface area contributed by atoms with Crippen LogP contribution in [0.2, 0.25) is 0 Å². The van der Waals surface area contributed by atoms with Gasteiger partial charge in [-0.15, -0.1) is 0 Å². The minimum absolute atomic E-state index is 0.649. The lowest BCUT2D eigenvalue weighted by molar-refractivity contribution is 0.457. The predicted octanol–water partition coefficient (Wildman–Crippen LogP) is 3.59. The first-order valence-corrected chi connectivity index (χ1v) is 7.52. The maximum Gasteiger partial charge on any atom is 0.203 e. The Labute approximate surface area is 110 Å². The van der Waals surface area contributed by atoms with E-state index in [0.29, 0.717) is 6.04 Å². The van der Waals surface area contributed by atoms with E-state index < -0.39 is 0 Å². The van der Waals surface area contributed by atoms with Crippen LogP contribution < -0.4 is 5.32 Å². The van der Waals surface area contributed by atoms with Crippen molar-refractivity contribution in [2.75, 3.05) is 5.32 Å². The molecule has 1 N–H and O–H groups in total. The SMILES string of the molecule is Cc1cn(CC2CC2C)c(NC2CCCCC2)n1. The fourth-order valence-electron chi connectivity index (χ4n) is 3.14. The molecule has 1 heterocycles. The van der Waals surface area contributed by atoms with Crippen LogP contribution in [0.4, 0.5) is 5.95 Å². The molecule has 0 bridgehead atoms. The number of hydrogen-bond acceptors (Lipinski definition) is 2. The minimum Gasteiger partial charge on any atom is -0.353 e. The van der Waals surface area contributed by atoms with Crippen molar-refractivity contribution >= 4 is 5.95 Å². The molecule has 1 aromatic heterocycles. The molecule has 2 saturated carbocycles. The molecule has 3 heteroatoms. The summed E-state index contributed by atoms with van der Waals surface area (Å²) in [6.07, 6.45) is 10.4. The standard InChI is InChI=1S/C15H25N3/c1-11-8-13(11)10-18-9-12(2)16-15(18)17-14-6-4-3-5-7-14/h9,11,13-14H,3-8,10H2,1-2H3,(H,16,17). The van der Waals surface area contributed by atoms with E-state index in [2.05, 4.69) is 34.9 Å². The first-order chi connectivity index (χ1) is 8.72. The molecule has 2 aliphatic carbocycles. The van der Waals surface area contributed by atoms with Crippen molar-refractivity contribution < 1.29 is 0 Å². The molecule has 2 atom stereocenters. The Hall–Kier alpha value is -0.990. The summed E-state index contributed by atoms with van der Waals surface area (Å²) < 4.78 is 2.35. The van der Waals surface area contributed by atoms with Crippen molar-refractivity contribution in [3.05, 3.63) is 11.9 Å². The number of aryl methyl sites for hydroxylation is 1. The summed E-state index contributed by atoms with van der Waals surface area (Å²) in [5.41, 5.74) is 1.14. The van der Waals surface area contributed by atoms with Crippen LogP contribution >= 0.6 is 0 Å². The van der Waals surface area contributed by atoms with Gasteiger partial charge in [0.05, 0.1) is 5.69 Å². The van der Waals surface area contributed by atoms with Gasteiger partial charge in [0.25, 0.3) is 0 Å². The Balaban J connectivity index is 1.66. The molecule has 1 aromatic rings. The van der Waals surface area contributed by atoms with Gasteiger partial charge in [0.15, 0.2) is 0 Å². The van der Waals surface area contributed by atoms with Gasteiger partial charge in [-0.05, 0) is 38.0 Å². The predicted molar refractivity (Wildman–Crippen MR) is 74.7 cm³/mol. The Kier molecular flexibility index (Phi) is 3.31. The van der Waals surface area contributed by atoms with Gasteiger partial charge in [0.1, 0.15) is 0 Å². The number of nitrogens with zero attached hydrogens (tertiary/aromatic N) is 2. The first-order valence-electron chi connectivity index (χ1n) is 7.52. The molecule has 18 heavy (non-hydrogen) atoms. The molecule has 3 nitrogen and oxygen atoms in total. The monoisotopic (exact) mass is 247 g/mol. The van der Waals surface area contributed by atoms with E-state index in [-0.39, 0.29) is 0 Å². The Morgan fingerprint density at radius 2 is 2.06 bits per heavy atom. The fourth-order valence-corrected chi connectivity index (χ4v) is 3.14. The Bertz CT molecular complexity index is 404. The summed E-state index contributed by atoms with van der Waals surface area (Å²) in [6, 6.07) is 0.649. The molecular weight excluding hydrogens is 222 g/mol. The summed E-state index contributed by atoms with van der Waals surface area (Å²) in [5.74, 6) is 2.90. The molecule has 2 aliphatic rings. The third-order valence-corrected chi connectivity index (χ3v) is 4.54. The lowest BCUT2D eigenvalue weighted by Gasteiger charge is -2.23. The second-order valence-corrected chi connectivity index (χ2v) is 6.31. The van der Waals surface area contributed by atoms with Crippen molar-refractivity contribution in [2.45, 2.75) is 65.0 Å². The van der Waals surface area contributed by atoms with Crippen LogP contribution in [0.25, 0.3) is 0 Å². The summed E-state index contributed by atoms with van der Waals surface area (Å²) in [6.45, 7) is 5.60. The van der Waals surface area contributed by atoms with Gasteiger partial charge in [-0.3, -0.25) is 0 Å². The van der Waals surface area contributed by atoms with E-state index in [1.54, 1.807) is 0 Å². The molecule has 2 fully saturated rings. The molecule has 0 aliphatic heterocycles. The second-order valence-electron chi connectivity index (χ2n) is 6.31. The van der Waals surface area contributed by atoms with Crippen molar-refractivity contribution in [3.8, 4) is 0 Å². The largest absolute Gasteiger partial charge is 0.353 e. The topological polar surface area (TPSA) is 29.9 Å². The number of anilines is 1. The van der Waals surface area contributed by atoms with Crippen LogP contribution in [-0.4, -0.2) is 15.6 Å². The summed E-state index contributed by atoms with van der Waals surface area (Å²) >= 11 is 0. The zero-order chi connectivity index (χ0) is 12.5. The maximum absolute atomic E-state index is 4.66. The van der Waals surface area contributed by atoms with E-state index in [9.17, 15) is 0 Å². The van der Waals surface area contributed by atoms with Crippen LogP contribution in [0.15, 0.2) is 6.20 Å². The van der Waals surface area contributed by atoms with E-state index in [1.807, 2.05) is 0 Å². The third kappa shape index (κ3) is 2.70. The molecule has 0 radical (unpaired) electrons. The highest BCUT2D eigenvalue weighted by atomic mass is 15.2. The molecule has 0 amide bonds. The maximum atomic E-state index is 4.66. The molecule has 2 unspecified atom stereocenters. The lowest BCUT2D eigenvalue weighted by atomic mass is 9.96. The van der Waals surface area contributed by atoms with E-state index in [1.165, 1.54) is 38.5 Å². The van der Waals surface area contributed by atoms with Gasteiger partial charge < -0.3 is 9.88 Å². The van der Waals surface area contributed by atoms with Crippen molar-refractivity contribution in [1.82, 2.24) is 9.55 Å². The number of imidazole rings is 1. The average molecular weight is 247 g/mol. The molecular formula is C15H25N3. The Morgan fingerprint density at radius 1 is 1.33 bits per heavy atom. The van der Waals surface area contributed by atoms with Crippen molar-refractivity contribution in [3.63, 3.8) is 0 Å². The average Bonchev–Trinajstić information content (AvgIpc) is 2.93. The van der Waals surface area contributed by atoms with Gasteiger partial charge in [-0.2, -0.15) is 0 Å². The minimum atomic E-state index is 0.649. The summed E-state index contributed by atoms with van der Waals surface area (Å²) in [4.78, 5) is 4.66.